The van der Waals surface area contributed by atoms with Crippen molar-refractivity contribution in [2.75, 3.05) is 19.8 Å². The molecule has 38 heavy (non-hydrogen) atoms. The van der Waals surface area contributed by atoms with Gasteiger partial charge >= 0.3 is 0 Å². The molecule has 3 aromatic carbocycles. The van der Waals surface area contributed by atoms with E-state index in [-0.39, 0.29) is 12.5 Å². The van der Waals surface area contributed by atoms with Gasteiger partial charge < -0.3 is 19.4 Å². The van der Waals surface area contributed by atoms with E-state index in [1.165, 1.54) is 5.56 Å². The van der Waals surface area contributed by atoms with Crippen LogP contribution in [0.25, 0.3) is 11.0 Å². The van der Waals surface area contributed by atoms with Crippen LogP contribution in [0.1, 0.15) is 50.4 Å². The second-order valence-electron chi connectivity index (χ2n) is 9.64. The van der Waals surface area contributed by atoms with Gasteiger partial charge in [0.2, 0.25) is 0 Å². The number of hydrogen-bond donors (Lipinski definition) is 1. The maximum absolute atomic E-state index is 12.0. The molecule has 0 aliphatic heterocycles. The lowest BCUT2D eigenvalue weighted by Gasteiger charge is -2.12. The summed E-state index contributed by atoms with van der Waals surface area (Å²) < 4.78 is 13.8. The number of unbranched alkanes of at least 4 members (excludes halogenated alkanes) is 2. The highest BCUT2D eigenvalue weighted by Gasteiger charge is 2.11. The molecule has 0 aliphatic rings. The summed E-state index contributed by atoms with van der Waals surface area (Å²) >= 11 is 5.86. The highest BCUT2D eigenvalue weighted by atomic mass is 35.5. The van der Waals surface area contributed by atoms with Gasteiger partial charge in [-0.2, -0.15) is 0 Å². The molecule has 4 rings (SSSR count). The number of carbonyl (C=O) groups excluding carboxylic acids is 1. The molecule has 7 heteroatoms. The van der Waals surface area contributed by atoms with Crippen LogP contribution >= 0.6 is 11.6 Å². The number of para-hydroxylation sites is 2. The van der Waals surface area contributed by atoms with E-state index in [1.54, 1.807) is 24.3 Å². The smallest absolute Gasteiger partial charge is 0.257 e. The second-order valence-corrected chi connectivity index (χ2v) is 10.1. The Morgan fingerprint density at radius 3 is 2.39 bits per heavy atom. The zero-order chi connectivity index (χ0) is 26.7. The van der Waals surface area contributed by atoms with Crippen LogP contribution in [0.4, 0.5) is 0 Å². The quantitative estimate of drug-likeness (QED) is 0.181. The van der Waals surface area contributed by atoms with Gasteiger partial charge in [0.25, 0.3) is 5.91 Å². The SMILES string of the molecule is CC(C)c1ccc(OCCn2c(CCCCCNC(=O)COc3ccc(Cl)cc3)nc3ccccc32)cc1. The summed E-state index contributed by atoms with van der Waals surface area (Å²) in [6.45, 7) is 6.33. The molecule has 0 saturated heterocycles. The molecule has 1 heterocycles. The average molecular weight is 534 g/mol. The van der Waals surface area contributed by atoms with E-state index in [4.69, 9.17) is 26.1 Å². The van der Waals surface area contributed by atoms with Crippen LogP contribution in [0, 0.1) is 0 Å². The zero-order valence-corrected chi connectivity index (χ0v) is 22.9. The first-order chi connectivity index (χ1) is 18.5. The summed E-state index contributed by atoms with van der Waals surface area (Å²) in [5.74, 6) is 2.98. The number of benzene rings is 3. The van der Waals surface area contributed by atoms with E-state index >= 15 is 0 Å². The van der Waals surface area contributed by atoms with Gasteiger partial charge in [-0.3, -0.25) is 4.79 Å². The number of nitrogens with zero attached hydrogens (tertiary/aromatic N) is 2. The molecule has 4 aromatic rings. The minimum Gasteiger partial charge on any atom is -0.492 e. The Morgan fingerprint density at radius 2 is 1.63 bits per heavy atom. The largest absolute Gasteiger partial charge is 0.492 e. The molecule has 0 aliphatic carbocycles. The third kappa shape index (κ3) is 7.99. The van der Waals surface area contributed by atoms with E-state index in [9.17, 15) is 4.79 Å². The number of ether oxygens (including phenoxy) is 2. The number of aromatic nitrogens is 2. The molecular formula is C31H36ClN3O3. The molecule has 0 radical (unpaired) electrons. The van der Waals surface area contributed by atoms with E-state index in [0.29, 0.717) is 29.8 Å². The number of rotatable bonds is 14. The number of imidazole rings is 1. The topological polar surface area (TPSA) is 65.4 Å². The summed E-state index contributed by atoms with van der Waals surface area (Å²) in [5, 5.41) is 3.56. The molecule has 0 fully saturated rings. The van der Waals surface area contributed by atoms with Crippen LogP contribution in [0.2, 0.25) is 5.02 Å². The highest BCUT2D eigenvalue weighted by Crippen LogP contribution is 2.21. The first-order valence-corrected chi connectivity index (χ1v) is 13.7. The second kappa shape index (κ2) is 13.9. The van der Waals surface area contributed by atoms with Gasteiger partial charge in [0, 0.05) is 18.0 Å². The van der Waals surface area contributed by atoms with Crippen LogP contribution in [0.5, 0.6) is 11.5 Å². The lowest BCUT2D eigenvalue weighted by atomic mass is 10.0. The molecule has 1 N–H and O–H groups in total. The van der Waals surface area contributed by atoms with Crippen LogP contribution < -0.4 is 14.8 Å². The van der Waals surface area contributed by atoms with Crippen LogP contribution in [0.3, 0.4) is 0 Å². The normalized spacial score (nSPS) is 11.2. The fourth-order valence-corrected chi connectivity index (χ4v) is 4.44. The number of amides is 1. The number of nitrogens with one attached hydrogen (secondary N) is 1. The fraction of sp³-hybridized carbons (Fsp3) is 0.355. The van der Waals surface area contributed by atoms with E-state index in [1.807, 2.05) is 18.2 Å². The van der Waals surface area contributed by atoms with E-state index < -0.39 is 0 Å². The van der Waals surface area contributed by atoms with Crippen molar-refractivity contribution in [3.8, 4) is 11.5 Å². The molecule has 1 amide bonds. The maximum atomic E-state index is 12.0. The molecular weight excluding hydrogens is 498 g/mol. The molecule has 0 atom stereocenters. The Hall–Kier alpha value is -3.51. The predicted octanol–water partition coefficient (Wildman–Crippen LogP) is 6.80. The number of fused-ring (bicyclic) bond motifs is 1. The Kier molecular flexibility index (Phi) is 10.0. The summed E-state index contributed by atoms with van der Waals surface area (Å²) in [6, 6.07) is 23.6. The first kappa shape index (κ1) is 27.5. The summed E-state index contributed by atoms with van der Waals surface area (Å²) in [4.78, 5) is 16.9. The summed E-state index contributed by atoms with van der Waals surface area (Å²) in [6.07, 6.45) is 3.78. The monoisotopic (exact) mass is 533 g/mol. The lowest BCUT2D eigenvalue weighted by molar-refractivity contribution is -0.123. The minimum absolute atomic E-state index is 0.00437. The number of aryl methyl sites for hydroxylation is 1. The Bertz CT molecular complexity index is 1300. The lowest BCUT2D eigenvalue weighted by Crippen LogP contribution is -2.29. The average Bonchev–Trinajstić information content (AvgIpc) is 3.28. The Morgan fingerprint density at radius 1 is 0.921 bits per heavy atom. The third-order valence-corrected chi connectivity index (χ3v) is 6.70. The molecule has 0 saturated carbocycles. The number of hydrogen-bond acceptors (Lipinski definition) is 4. The van der Waals surface area contributed by atoms with Crippen LogP contribution in [-0.2, 0) is 17.8 Å². The number of halogens is 1. The fourth-order valence-electron chi connectivity index (χ4n) is 4.31. The molecule has 0 bridgehead atoms. The maximum Gasteiger partial charge on any atom is 0.257 e. The van der Waals surface area contributed by atoms with Crippen molar-refractivity contribution < 1.29 is 14.3 Å². The Balaban J connectivity index is 1.20. The van der Waals surface area contributed by atoms with Crippen molar-refractivity contribution in [3.05, 3.63) is 89.2 Å². The summed E-state index contributed by atoms with van der Waals surface area (Å²) in [5.41, 5.74) is 3.46. The van der Waals surface area contributed by atoms with Crippen molar-refractivity contribution in [1.29, 1.82) is 0 Å². The van der Waals surface area contributed by atoms with Crippen LogP contribution in [-0.4, -0.2) is 35.2 Å². The highest BCUT2D eigenvalue weighted by molar-refractivity contribution is 6.30. The van der Waals surface area contributed by atoms with Crippen molar-refractivity contribution in [2.45, 2.75) is 52.0 Å². The van der Waals surface area contributed by atoms with Gasteiger partial charge in [-0.15, -0.1) is 0 Å². The van der Waals surface area contributed by atoms with Gasteiger partial charge in [-0.05, 0) is 72.9 Å². The standard InChI is InChI=1S/C31H36ClN3O3/c1-23(2)24-11-15-26(16-12-24)37-21-20-35-29-9-6-5-8-28(29)34-30(35)10-4-3-7-19-33-31(36)22-38-27-17-13-25(32)14-18-27/h5-6,8-9,11-18,23H,3-4,7,10,19-22H2,1-2H3,(H,33,36). The third-order valence-electron chi connectivity index (χ3n) is 6.45. The summed E-state index contributed by atoms with van der Waals surface area (Å²) in [7, 11) is 0. The van der Waals surface area contributed by atoms with Crippen molar-refractivity contribution >= 4 is 28.5 Å². The molecule has 200 valence electrons. The minimum atomic E-state index is -0.124. The van der Waals surface area contributed by atoms with E-state index in [0.717, 1.165) is 54.8 Å². The van der Waals surface area contributed by atoms with Gasteiger partial charge in [0.15, 0.2) is 6.61 Å². The van der Waals surface area contributed by atoms with Gasteiger partial charge in [0.05, 0.1) is 17.6 Å². The molecule has 1 aromatic heterocycles. The van der Waals surface area contributed by atoms with Gasteiger partial charge in [-0.25, -0.2) is 4.98 Å². The molecule has 0 unspecified atom stereocenters. The first-order valence-electron chi connectivity index (χ1n) is 13.3. The van der Waals surface area contributed by atoms with Gasteiger partial charge in [0.1, 0.15) is 23.9 Å². The number of carbonyl (C=O) groups is 1. The van der Waals surface area contributed by atoms with Gasteiger partial charge in [-0.1, -0.05) is 56.1 Å². The van der Waals surface area contributed by atoms with Crippen molar-refractivity contribution in [3.63, 3.8) is 0 Å². The van der Waals surface area contributed by atoms with Crippen LogP contribution in [0.15, 0.2) is 72.8 Å². The molecule has 6 nitrogen and oxygen atoms in total. The predicted molar refractivity (Wildman–Crippen MR) is 153 cm³/mol. The molecule has 0 spiro atoms. The van der Waals surface area contributed by atoms with Crippen molar-refractivity contribution in [1.82, 2.24) is 14.9 Å². The Labute approximate surface area is 229 Å². The zero-order valence-electron chi connectivity index (χ0n) is 22.2. The van der Waals surface area contributed by atoms with Crippen molar-refractivity contribution in [2.24, 2.45) is 0 Å². The van der Waals surface area contributed by atoms with E-state index in [2.05, 4.69) is 54.1 Å².